The zero-order valence-corrected chi connectivity index (χ0v) is 49.8. The van der Waals surface area contributed by atoms with Gasteiger partial charge in [-0.05, 0) is 126 Å². The highest BCUT2D eigenvalue weighted by atomic mass is 32.2. The van der Waals surface area contributed by atoms with Crippen molar-refractivity contribution in [3.8, 4) is 0 Å². The van der Waals surface area contributed by atoms with E-state index in [1.165, 1.54) is 53.6 Å². The number of rotatable bonds is 19. The number of hydrogen-bond donors (Lipinski definition) is 2. The van der Waals surface area contributed by atoms with Gasteiger partial charge in [0.25, 0.3) is 20.2 Å². The van der Waals surface area contributed by atoms with Crippen LogP contribution in [0.3, 0.4) is 0 Å². The minimum absolute atomic E-state index is 0.0726. The summed E-state index contributed by atoms with van der Waals surface area (Å²) >= 11 is 0. The molecule has 0 aliphatic carbocycles. The largest absolute Gasteiger partial charge is 0.393 e. The fraction of sp³-hybridized carbons (Fsp3) is 0.446. The van der Waals surface area contributed by atoms with E-state index in [1.807, 2.05) is 52.8 Å². The average Bonchev–Trinajstić information content (AvgIpc) is 4.42. The number of aliphatic hydroxyl groups is 2. The number of ether oxygens (including phenoxy) is 3. The molecule has 78 heavy (non-hydrogen) atoms. The second-order valence-electron chi connectivity index (χ2n) is 20.7. The Hall–Kier alpha value is -5.06. The number of benzene rings is 6. The van der Waals surface area contributed by atoms with Crippen LogP contribution in [0.4, 0.5) is 0 Å². The minimum atomic E-state index is -3.79. The molecule has 0 bridgehead atoms. The Kier molecular flexibility index (Phi) is 29.4. The van der Waals surface area contributed by atoms with Crippen LogP contribution < -0.4 is 0 Å². The van der Waals surface area contributed by atoms with Crippen LogP contribution in [0.25, 0.3) is 0 Å². The van der Waals surface area contributed by atoms with Gasteiger partial charge in [-0.3, -0.25) is 8.37 Å². The Morgan fingerprint density at radius 2 is 0.859 bits per heavy atom. The molecule has 11 nitrogen and oxygen atoms in total. The maximum Gasteiger partial charge on any atom is 0.297 e. The van der Waals surface area contributed by atoms with Crippen LogP contribution in [0.2, 0.25) is 0 Å². The lowest BCUT2D eigenvalue weighted by molar-refractivity contribution is 0.00584. The third-order valence-corrected chi connectivity index (χ3v) is 15.3. The molecule has 6 aromatic rings. The smallest absolute Gasteiger partial charge is 0.297 e. The van der Waals surface area contributed by atoms with E-state index in [-0.39, 0.29) is 40.8 Å². The molecule has 0 radical (unpaired) electrons. The van der Waals surface area contributed by atoms with Crippen LogP contribution >= 0.6 is 0 Å². The summed E-state index contributed by atoms with van der Waals surface area (Å²) in [6.45, 7) is 21.9. The van der Waals surface area contributed by atoms with Gasteiger partial charge in [0.05, 0.1) is 60.6 Å². The maximum absolute atomic E-state index is 11.9. The van der Waals surface area contributed by atoms with Crippen LogP contribution in [0.15, 0.2) is 180 Å². The fourth-order valence-corrected chi connectivity index (χ4v) is 9.14. The third kappa shape index (κ3) is 28.2. The maximum atomic E-state index is 11.9. The molecular weight excluding hydrogens is 1020 g/mol. The summed E-state index contributed by atoms with van der Waals surface area (Å²) in [6.07, 6.45) is 9.47. The van der Waals surface area contributed by atoms with E-state index < -0.39 is 31.4 Å². The molecule has 4 atom stereocenters. The van der Waals surface area contributed by atoms with Crippen LogP contribution in [-0.2, 0) is 68.5 Å². The van der Waals surface area contributed by atoms with Crippen molar-refractivity contribution in [1.82, 2.24) is 0 Å². The van der Waals surface area contributed by atoms with Crippen molar-refractivity contribution in [1.29, 1.82) is 0 Å². The molecule has 3 saturated heterocycles. The van der Waals surface area contributed by atoms with E-state index >= 15 is 0 Å². The van der Waals surface area contributed by atoms with E-state index in [4.69, 9.17) is 27.7 Å². The van der Waals surface area contributed by atoms with Gasteiger partial charge in [0, 0.05) is 0 Å². The van der Waals surface area contributed by atoms with E-state index in [0.717, 1.165) is 56.4 Å². The zero-order chi connectivity index (χ0) is 57.6. The van der Waals surface area contributed by atoms with Crippen LogP contribution in [0.1, 0.15) is 121 Å². The number of aryl methyl sites for hydroxylation is 6. The van der Waals surface area contributed by atoms with Crippen LogP contribution in [0, 0.1) is 13.8 Å². The Morgan fingerprint density at radius 3 is 1.14 bits per heavy atom. The first-order chi connectivity index (χ1) is 37.1. The van der Waals surface area contributed by atoms with Crippen molar-refractivity contribution in [2.24, 2.45) is 0 Å². The van der Waals surface area contributed by atoms with E-state index in [9.17, 15) is 21.9 Å². The molecule has 0 aromatic heterocycles. The average molecular weight is 1110 g/mol. The van der Waals surface area contributed by atoms with E-state index in [0.29, 0.717) is 13.0 Å². The lowest BCUT2D eigenvalue weighted by Crippen LogP contribution is -2.31. The van der Waals surface area contributed by atoms with Gasteiger partial charge >= 0.3 is 0 Å². The van der Waals surface area contributed by atoms with Crippen molar-refractivity contribution in [3.63, 3.8) is 0 Å². The fourth-order valence-electron chi connectivity index (χ4n) is 7.11. The van der Waals surface area contributed by atoms with Gasteiger partial charge in [-0.15, -0.1) is 0 Å². The molecule has 428 valence electrons. The topological polar surface area (TPSA) is 165 Å². The molecule has 3 aliphatic heterocycles. The van der Waals surface area contributed by atoms with Gasteiger partial charge in [0.2, 0.25) is 0 Å². The van der Waals surface area contributed by atoms with Crippen molar-refractivity contribution in [3.05, 3.63) is 203 Å². The molecule has 13 heteroatoms. The minimum Gasteiger partial charge on any atom is -0.393 e. The second-order valence-corrected chi connectivity index (χ2v) is 23.9. The highest BCUT2D eigenvalue weighted by Gasteiger charge is 2.43. The van der Waals surface area contributed by atoms with Crippen LogP contribution in [-0.4, -0.2) is 89.1 Å². The Balaban J connectivity index is 0.000000247. The summed E-state index contributed by atoms with van der Waals surface area (Å²) in [5.74, 6) is 0. The lowest BCUT2D eigenvalue weighted by atomic mass is 9.96. The quantitative estimate of drug-likeness (QED) is 0.0586. The van der Waals surface area contributed by atoms with Crippen molar-refractivity contribution < 1.29 is 49.6 Å². The zero-order valence-electron chi connectivity index (χ0n) is 48.2. The van der Waals surface area contributed by atoms with Gasteiger partial charge in [0.15, 0.2) is 0 Å². The lowest BCUT2D eigenvalue weighted by Gasteiger charge is -2.21. The SMILES string of the molecule is CCC[C@@](C)(O)COS(=O)(=O)c1ccc(C)cc1.CCC[C@]1(CCc2ccccc2)CO1.CCc1ccccc1.CCc1ccccc1.CCc1ccccc1.C[C@]1(CO)CO1.Cc1ccc(S(=O)(=O)OC[C@@]2(C)CO2)cc1. The summed E-state index contributed by atoms with van der Waals surface area (Å²) in [5, 5.41) is 18.2. The Bertz CT molecular complexity index is 2630. The summed E-state index contributed by atoms with van der Waals surface area (Å²) in [7, 11) is -7.44. The molecule has 6 aromatic carbocycles. The molecule has 3 fully saturated rings. The molecule has 0 saturated carbocycles. The van der Waals surface area contributed by atoms with Gasteiger partial charge in [0.1, 0.15) is 11.2 Å². The molecule has 3 aliphatic rings. The molecule has 0 spiro atoms. The number of hydrogen-bond acceptors (Lipinski definition) is 11. The molecular formula is C65H90O11S2. The predicted molar refractivity (Wildman–Crippen MR) is 316 cm³/mol. The normalized spacial score (nSPS) is 19.1. The van der Waals surface area contributed by atoms with Gasteiger partial charge in [-0.1, -0.05) is 204 Å². The van der Waals surface area contributed by atoms with Crippen molar-refractivity contribution >= 4 is 20.2 Å². The molecule has 0 amide bonds. The first-order valence-electron chi connectivity index (χ1n) is 27.4. The molecule has 9 rings (SSSR count). The van der Waals surface area contributed by atoms with Crippen LogP contribution in [0.5, 0.6) is 0 Å². The van der Waals surface area contributed by atoms with Crippen molar-refractivity contribution in [2.45, 2.75) is 159 Å². The molecule has 0 unspecified atom stereocenters. The third-order valence-electron chi connectivity index (χ3n) is 12.8. The van der Waals surface area contributed by atoms with Gasteiger partial charge in [-0.2, -0.15) is 16.8 Å². The highest BCUT2D eigenvalue weighted by molar-refractivity contribution is 7.87. The summed E-state index contributed by atoms with van der Waals surface area (Å²) in [6, 6.07) is 55.0. The number of aliphatic hydroxyl groups excluding tert-OH is 1. The molecule has 2 N–H and O–H groups in total. The van der Waals surface area contributed by atoms with E-state index in [2.05, 4.69) is 131 Å². The predicted octanol–water partition coefficient (Wildman–Crippen LogP) is 13.4. The molecule has 3 heterocycles. The Labute approximate surface area is 469 Å². The van der Waals surface area contributed by atoms with E-state index in [1.54, 1.807) is 43.3 Å². The monoisotopic (exact) mass is 1110 g/mol. The first kappa shape index (κ1) is 67.2. The summed E-state index contributed by atoms with van der Waals surface area (Å²) in [4.78, 5) is 0.294. The van der Waals surface area contributed by atoms with Gasteiger partial charge in [-0.25, -0.2) is 0 Å². The summed E-state index contributed by atoms with van der Waals surface area (Å²) < 4.78 is 72.4. The standard InChI is InChI=1S/C13H20O4S.C13H18O.C11H14O4S.3C8H10.C4H8O2/c1-4-9-13(3,14)10-17-18(15,16)12-7-5-11(2)6-8-12;1-2-9-13(11-14-13)10-8-12-6-4-3-5-7-12;1-9-3-5-10(6-4-9)16(12,13)15-8-11(2)7-14-11;3*1-2-8-6-4-3-5-7-8;1-4(2-5)3-6-4/h5-8,14H,4,9-10H2,1-3H3;3-7H,2,8-11H2,1H3;3-6H,7-8H2,1-2H3;3*3-7H,2H2,1H3;5H,2-3H2,1H3/t2*13-;11-;;;;4-/m101...0/s1. The summed E-state index contributed by atoms with van der Waals surface area (Å²) in [5.41, 5.74) is 6.21. The second kappa shape index (κ2) is 34.2. The first-order valence-corrected chi connectivity index (χ1v) is 30.2. The highest BCUT2D eigenvalue weighted by Crippen LogP contribution is 2.36. The Morgan fingerprint density at radius 1 is 0.500 bits per heavy atom. The van der Waals surface area contributed by atoms with Crippen molar-refractivity contribution in [2.75, 3.05) is 39.6 Å². The number of epoxide rings is 3. The van der Waals surface area contributed by atoms with Gasteiger partial charge < -0.3 is 24.4 Å².